The molecule has 1 N–H and O–H groups in total. The predicted octanol–water partition coefficient (Wildman–Crippen LogP) is 2.56. The molecule has 0 saturated heterocycles. The fourth-order valence-electron chi connectivity index (χ4n) is 2.72. The second kappa shape index (κ2) is 5.39. The maximum atomic E-state index is 4.42. The van der Waals surface area contributed by atoms with Crippen LogP contribution >= 0.6 is 0 Å². The number of hydrogen-bond acceptors (Lipinski definition) is 3. The van der Waals surface area contributed by atoms with Crippen LogP contribution in [-0.4, -0.2) is 17.0 Å². The molecule has 3 nitrogen and oxygen atoms in total. The van der Waals surface area contributed by atoms with Crippen LogP contribution in [0.3, 0.4) is 0 Å². The van der Waals surface area contributed by atoms with E-state index in [0.29, 0.717) is 6.04 Å². The van der Waals surface area contributed by atoms with Crippen molar-refractivity contribution >= 4 is 0 Å². The van der Waals surface area contributed by atoms with Gasteiger partial charge in [0.2, 0.25) is 0 Å². The number of nitrogens with one attached hydrogen (secondary N) is 1. The van der Waals surface area contributed by atoms with E-state index in [9.17, 15) is 0 Å². The van der Waals surface area contributed by atoms with Crippen molar-refractivity contribution in [3.05, 3.63) is 24.3 Å². The molecule has 1 aromatic heterocycles. The molecule has 3 heteroatoms. The number of hydrogen-bond donors (Lipinski definition) is 1. The lowest BCUT2D eigenvalue weighted by molar-refractivity contribution is 0.235. The Morgan fingerprint density at radius 2 is 2.00 bits per heavy atom. The quantitative estimate of drug-likeness (QED) is 0.849. The van der Waals surface area contributed by atoms with E-state index < -0.39 is 0 Å². The molecule has 16 heavy (non-hydrogen) atoms. The van der Waals surface area contributed by atoms with Gasteiger partial charge in [-0.05, 0) is 31.7 Å². The van der Waals surface area contributed by atoms with Crippen molar-refractivity contribution in [2.75, 3.05) is 7.05 Å². The number of nitrogens with zero attached hydrogens (tertiary/aromatic N) is 2. The van der Waals surface area contributed by atoms with Gasteiger partial charge in [0, 0.05) is 18.6 Å². The molecule has 88 valence electrons. The zero-order valence-corrected chi connectivity index (χ0v) is 10.2. The minimum Gasteiger partial charge on any atom is -0.311 e. The van der Waals surface area contributed by atoms with Gasteiger partial charge in [-0.3, -0.25) is 9.97 Å². The van der Waals surface area contributed by atoms with Crippen molar-refractivity contribution in [2.24, 2.45) is 11.8 Å². The standard InChI is InChI=1S/C13H21N3/c1-10-3-5-11(6-4-10)13(14-2)12-9-15-7-8-16-12/h7-11,13-14H,3-6H2,1-2H3. The van der Waals surface area contributed by atoms with Gasteiger partial charge in [-0.1, -0.05) is 19.8 Å². The Bertz CT molecular complexity index is 304. The zero-order chi connectivity index (χ0) is 11.4. The summed E-state index contributed by atoms with van der Waals surface area (Å²) in [6.07, 6.45) is 10.7. The third-order valence-electron chi connectivity index (χ3n) is 3.74. The van der Waals surface area contributed by atoms with Crippen LogP contribution in [0.4, 0.5) is 0 Å². The van der Waals surface area contributed by atoms with Crippen molar-refractivity contribution in [1.29, 1.82) is 0 Å². The molecule has 0 radical (unpaired) electrons. The first-order valence-electron chi connectivity index (χ1n) is 6.24. The second-order valence-corrected chi connectivity index (χ2v) is 4.92. The minimum atomic E-state index is 0.376. The van der Waals surface area contributed by atoms with Crippen LogP contribution in [0.15, 0.2) is 18.6 Å². The highest BCUT2D eigenvalue weighted by molar-refractivity contribution is 5.04. The third-order valence-corrected chi connectivity index (χ3v) is 3.74. The van der Waals surface area contributed by atoms with E-state index in [2.05, 4.69) is 22.2 Å². The van der Waals surface area contributed by atoms with Gasteiger partial charge in [0.05, 0.1) is 11.7 Å². The van der Waals surface area contributed by atoms with Crippen LogP contribution in [0.1, 0.15) is 44.3 Å². The smallest absolute Gasteiger partial charge is 0.0758 e. The number of aromatic nitrogens is 2. The van der Waals surface area contributed by atoms with E-state index in [1.54, 1.807) is 12.4 Å². The molecule has 1 heterocycles. The summed E-state index contributed by atoms with van der Waals surface area (Å²) < 4.78 is 0. The maximum absolute atomic E-state index is 4.42. The third kappa shape index (κ3) is 2.59. The first kappa shape index (κ1) is 11.5. The first-order chi connectivity index (χ1) is 7.81. The largest absolute Gasteiger partial charge is 0.311 e. The normalized spacial score (nSPS) is 27.6. The Hall–Kier alpha value is -0.960. The summed E-state index contributed by atoms with van der Waals surface area (Å²) in [5.74, 6) is 1.62. The second-order valence-electron chi connectivity index (χ2n) is 4.92. The molecule has 0 bridgehead atoms. The van der Waals surface area contributed by atoms with Crippen molar-refractivity contribution in [2.45, 2.75) is 38.6 Å². The van der Waals surface area contributed by atoms with Crippen molar-refractivity contribution in [3.8, 4) is 0 Å². The fraction of sp³-hybridized carbons (Fsp3) is 0.692. The average Bonchev–Trinajstić information content (AvgIpc) is 2.34. The molecular formula is C13H21N3. The Kier molecular flexibility index (Phi) is 3.88. The van der Waals surface area contributed by atoms with Crippen molar-refractivity contribution < 1.29 is 0 Å². The highest BCUT2D eigenvalue weighted by Gasteiger charge is 2.26. The molecular weight excluding hydrogens is 198 g/mol. The summed E-state index contributed by atoms with van der Waals surface area (Å²) in [5.41, 5.74) is 1.09. The summed E-state index contributed by atoms with van der Waals surface area (Å²) in [4.78, 5) is 8.58. The van der Waals surface area contributed by atoms with Gasteiger partial charge in [0.1, 0.15) is 0 Å². The van der Waals surface area contributed by atoms with E-state index in [1.807, 2.05) is 13.2 Å². The van der Waals surface area contributed by atoms with Gasteiger partial charge in [0.15, 0.2) is 0 Å². The van der Waals surface area contributed by atoms with Crippen molar-refractivity contribution in [3.63, 3.8) is 0 Å². The zero-order valence-electron chi connectivity index (χ0n) is 10.2. The Morgan fingerprint density at radius 1 is 1.25 bits per heavy atom. The molecule has 1 saturated carbocycles. The predicted molar refractivity (Wildman–Crippen MR) is 65.0 cm³/mol. The van der Waals surface area contributed by atoms with E-state index in [0.717, 1.165) is 17.5 Å². The molecule has 0 aromatic carbocycles. The van der Waals surface area contributed by atoms with E-state index in [-0.39, 0.29) is 0 Å². The summed E-state index contributed by atoms with van der Waals surface area (Å²) in [7, 11) is 2.03. The topological polar surface area (TPSA) is 37.8 Å². The van der Waals surface area contributed by atoms with Gasteiger partial charge in [-0.2, -0.15) is 0 Å². The van der Waals surface area contributed by atoms with Crippen LogP contribution in [0.25, 0.3) is 0 Å². The highest BCUT2D eigenvalue weighted by atomic mass is 14.9. The van der Waals surface area contributed by atoms with Crippen LogP contribution in [0, 0.1) is 11.8 Å². The molecule has 1 atom stereocenters. The maximum Gasteiger partial charge on any atom is 0.0758 e. The Balaban J connectivity index is 2.05. The summed E-state index contributed by atoms with van der Waals surface area (Å²) in [6.45, 7) is 2.35. The molecule has 0 aliphatic heterocycles. The SMILES string of the molecule is CNC(c1cnccn1)C1CCC(C)CC1. The summed E-state index contributed by atoms with van der Waals surface area (Å²) >= 11 is 0. The van der Waals surface area contributed by atoms with Crippen LogP contribution in [0.5, 0.6) is 0 Å². The molecule has 1 unspecified atom stereocenters. The number of rotatable bonds is 3. The molecule has 2 rings (SSSR count). The fourth-order valence-corrected chi connectivity index (χ4v) is 2.72. The van der Waals surface area contributed by atoms with Crippen LogP contribution in [0.2, 0.25) is 0 Å². The molecule has 0 spiro atoms. The van der Waals surface area contributed by atoms with Crippen molar-refractivity contribution in [1.82, 2.24) is 15.3 Å². The van der Waals surface area contributed by atoms with E-state index in [1.165, 1.54) is 25.7 Å². The van der Waals surface area contributed by atoms with Gasteiger partial charge in [0.25, 0.3) is 0 Å². The lowest BCUT2D eigenvalue weighted by Crippen LogP contribution is -2.29. The molecule has 1 fully saturated rings. The van der Waals surface area contributed by atoms with Gasteiger partial charge >= 0.3 is 0 Å². The van der Waals surface area contributed by atoms with Gasteiger partial charge in [-0.15, -0.1) is 0 Å². The van der Waals surface area contributed by atoms with Crippen LogP contribution in [-0.2, 0) is 0 Å². The van der Waals surface area contributed by atoms with Gasteiger partial charge < -0.3 is 5.32 Å². The summed E-state index contributed by atoms with van der Waals surface area (Å²) in [5, 5.41) is 3.40. The monoisotopic (exact) mass is 219 g/mol. The Morgan fingerprint density at radius 3 is 2.56 bits per heavy atom. The minimum absolute atomic E-state index is 0.376. The molecule has 1 aromatic rings. The van der Waals surface area contributed by atoms with Crippen LogP contribution < -0.4 is 5.32 Å². The molecule has 1 aliphatic rings. The Labute approximate surface area is 97.7 Å². The molecule has 0 amide bonds. The first-order valence-corrected chi connectivity index (χ1v) is 6.24. The van der Waals surface area contributed by atoms with Gasteiger partial charge in [-0.25, -0.2) is 0 Å². The highest BCUT2D eigenvalue weighted by Crippen LogP contribution is 2.35. The lowest BCUT2D eigenvalue weighted by atomic mass is 9.78. The molecule has 1 aliphatic carbocycles. The average molecular weight is 219 g/mol. The van der Waals surface area contributed by atoms with E-state index >= 15 is 0 Å². The lowest BCUT2D eigenvalue weighted by Gasteiger charge is -2.32. The van der Waals surface area contributed by atoms with E-state index in [4.69, 9.17) is 0 Å². The summed E-state index contributed by atoms with van der Waals surface area (Å²) in [6, 6.07) is 0.376.